The molecule has 0 fully saturated rings. The highest BCUT2D eigenvalue weighted by atomic mass is 19.1. The molecule has 5 nitrogen and oxygen atoms in total. The van der Waals surface area contributed by atoms with Gasteiger partial charge in [0.1, 0.15) is 5.82 Å². The van der Waals surface area contributed by atoms with Crippen LogP contribution in [0.4, 0.5) is 4.39 Å². The van der Waals surface area contributed by atoms with Crippen LogP contribution in [0, 0.1) is 5.82 Å². The van der Waals surface area contributed by atoms with E-state index < -0.39 is 0 Å². The number of benzene rings is 3. The Balaban J connectivity index is 1.72. The molecule has 0 unspecified atom stereocenters. The van der Waals surface area contributed by atoms with E-state index in [9.17, 15) is 14.0 Å². The van der Waals surface area contributed by atoms with E-state index >= 15 is 0 Å². The minimum Gasteiger partial charge on any atom is -0.454 e. The van der Waals surface area contributed by atoms with E-state index in [0.29, 0.717) is 34.5 Å². The number of hydrogen-bond donors (Lipinski definition) is 0. The van der Waals surface area contributed by atoms with Crippen molar-refractivity contribution in [1.29, 1.82) is 0 Å². The highest BCUT2D eigenvalue weighted by Gasteiger charge is 2.21. The van der Waals surface area contributed by atoms with Gasteiger partial charge in [-0.1, -0.05) is 42.5 Å². The molecule has 2 heterocycles. The number of rotatable bonds is 4. The number of carbonyl (C=O) groups excluding carboxylic acids is 1. The molecule has 0 saturated heterocycles. The fourth-order valence-corrected chi connectivity index (χ4v) is 3.60. The van der Waals surface area contributed by atoms with Crippen LogP contribution >= 0.6 is 0 Å². The maximum Gasteiger partial charge on any atom is 0.231 e. The number of hydrogen-bond acceptors (Lipinski definition) is 4. The summed E-state index contributed by atoms with van der Waals surface area (Å²) < 4.78 is 26.0. The van der Waals surface area contributed by atoms with Crippen LogP contribution < -0.4 is 14.9 Å². The van der Waals surface area contributed by atoms with Crippen LogP contribution in [-0.4, -0.2) is 17.1 Å². The topological polar surface area (TPSA) is 57.5 Å². The van der Waals surface area contributed by atoms with Crippen molar-refractivity contribution < 1.29 is 18.7 Å². The average Bonchev–Trinajstić information content (AvgIpc) is 3.24. The molecule has 0 amide bonds. The van der Waals surface area contributed by atoms with Crippen LogP contribution in [0.5, 0.6) is 11.5 Å². The molecule has 0 N–H and O–H groups in total. The Morgan fingerprint density at radius 3 is 2.40 bits per heavy atom. The van der Waals surface area contributed by atoms with Crippen molar-refractivity contribution in [2.45, 2.75) is 6.54 Å². The largest absolute Gasteiger partial charge is 0.454 e. The molecule has 1 aliphatic heterocycles. The highest BCUT2D eigenvalue weighted by Crippen LogP contribution is 2.35. The van der Waals surface area contributed by atoms with Gasteiger partial charge in [-0.15, -0.1) is 0 Å². The first-order chi connectivity index (χ1) is 14.6. The van der Waals surface area contributed by atoms with Crippen LogP contribution in [0.25, 0.3) is 10.9 Å². The summed E-state index contributed by atoms with van der Waals surface area (Å²) in [5.41, 5.74) is 1.57. The van der Waals surface area contributed by atoms with Crippen molar-refractivity contribution in [3.8, 4) is 11.5 Å². The molecule has 6 heteroatoms. The molecule has 0 bridgehead atoms. The van der Waals surface area contributed by atoms with Gasteiger partial charge in [-0.25, -0.2) is 4.39 Å². The molecule has 0 aliphatic carbocycles. The molecule has 0 saturated carbocycles. The van der Waals surface area contributed by atoms with Gasteiger partial charge in [-0.05, 0) is 23.8 Å². The fourth-order valence-electron chi connectivity index (χ4n) is 3.60. The molecule has 3 aromatic carbocycles. The summed E-state index contributed by atoms with van der Waals surface area (Å²) in [6.07, 6.45) is 1.56. The number of ketones is 1. The minimum atomic E-state index is -0.368. The third-order valence-corrected chi connectivity index (χ3v) is 5.12. The first kappa shape index (κ1) is 18.1. The van der Waals surface area contributed by atoms with Crippen LogP contribution in [-0.2, 0) is 6.54 Å². The zero-order valence-electron chi connectivity index (χ0n) is 15.8. The second kappa shape index (κ2) is 7.15. The van der Waals surface area contributed by atoms with Crippen molar-refractivity contribution in [3.63, 3.8) is 0 Å². The normalized spacial score (nSPS) is 12.3. The Labute approximate surface area is 170 Å². The van der Waals surface area contributed by atoms with Crippen LogP contribution in [0.3, 0.4) is 0 Å². The van der Waals surface area contributed by atoms with Crippen molar-refractivity contribution in [2.24, 2.45) is 0 Å². The molecule has 0 atom stereocenters. The molecular weight excluding hydrogens is 385 g/mol. The van der Waals surface area contributed by atoms with Crippen molar-refractivity contribution in [1.82, 2.24) is 4.57 Å². The molecule has 4 aromatic rings. The minimum absolute atomic E-state index is 0.0645. The van der Waals surface area contributed by atoms with Crippen LogP contribution in [0.15, 0.2) is 77.7 Å². The predicted molar refractivity (Wildman–Crippen MR) is 110 cm³/mol. The lowest BCUT2D eigenvalue weighted by Crippen LogP contribution is -2.20. The lowest BCUT2D eigenvalue weighted by Gasteiger charge is -2.14. The Bertz CT molecular complexity index is 1330. The van der Waals surface area contributed by atoms with Gasteiger partial charge >= 0.3 is 0 Å². The van der Waals surface area contributed by atoms with E-state index in [1.165, 1.54) is 12.1 Å². The Hall–Kier alpha value is -3.93. The Morgan fingerprint density at radius 2 is 1.67 bits per heavy atom. The number of carbonyl (C=O) groups is 1. The van der Waals surface area contributed by atoms with E-state index in [2.05, 4.69) is 0 Å². The maximum absolute atomic E-state index is 13.3. The number of aromatic nitrogens is 1. The second-order valence-electron chi connectivity index (χ2n) is 7.04. The molecule has 0 radical (unpaired) electrons. The fraction of sp³-hybridized carbons (Fsp3) is 0.0833. The average molecular weight is 401 g/mol. The lowest BCUT2D eigenvalue weighted by molar-refractivity contribution is 0.103. The monoisotopic (exact) mass is 401 g/mol. The SMILES string of the molecule is O=C(c1ccccc1)c1cn(Cc2ccc(F)cc2)c2cc3c(cc2c1=O)OCO3. The van der Waals surface area contributed by atoms with Crippen LogP contribution in [0.1, 0.15) is 21.5 Å². The highest BCUT2D eigenvalue weighted by molar-refractivity contribution is 6.10. The summed E-state index contributed by atoms with van der Waals surface area (Å²) in [6, 6.07) is 18.1. The van der Waals surface area contributed by atoms with Crippen LogP contribution in [0.2, 0.25) is 0 Å². The molecular formula is C24H16FNO4. The third-order valence-electron chi connectivity index (χ3n) is 5.12. The number of halogens is 1. The molecule has 0 spiro atoms. The Kier molecular flexibility index (Phi) is 4.32. The summed E-state index contributed by atoms with van der Waals surface area (Å²) in [6.45, 7) is 0.430. The number of nitrogens with zero attached hydrogens (tertiary/aromatic N) is 1. The van der Waals surface area contributed by atoms with Gasteiger partial charge in [0.2, 0.25) is 12.2 Å². The van der Waals surface area contributed by atoms with Gasteiger partial charge in [-0.3, -0.25) is 9.59 Å². The van der Waals surface area contributed by atoms with E-state index in [1.807, 2.05) is 10.6 Å². The third kappa shape index (κ3) is 3.12. The molecule has 30 heavy (non-hydrogen) atoms. The van der Waals surface area contributed by atoms with E-state index in [0.717, 1.165) is 5.56 Å². The quantitative estimate of drug-likeness (QED) is 0.482. The summed E-state index contributed by atoms with van der Waals surface area (Å²) in [4.78, 5) is 26.3. The smallest absolute Gasteiger partial charge is 0.231 e. The number of ether oxygens (including phenoxy) is 2. The predicted octanol–water partition coefficient (Wildman–Crippen LogP) is 4.15. The van der Waals surface area contributed by atoms with Crippen molar-refractivity contribution in [2.75, 3.05) is 6.79 Å². The summed E-state index contributed by atoms with van der Waals surface area (Å²) in [5, 5.41) is 0.364. The van der Waals surface area contributed by atoms with Crippen molar-refractivity contribution >= 4 is 16.7 Å². The molecule has 5 rings (SSSR count). The zero-order chi connectivity index (χ0) is 20.7. The van der Waals surface area contributed by atoms with E-state index in [1.54, 1.807) is 54.7 Å². The first-order valence-electron chi connectivity index (χ1n) is 9.41. The first-order valence-corrected chi connectivity index (χ1v) is 9.41. The van der Waals surface area contributed by atoms with Gasteiger partial charge in [0.05, 0.1) is 16.5 Å². The van der Waals surface area contributed by atoms with Gasteiger partial charge in [0, 0.05) is 24.4 Å². The standard InChI is InChI=1S/C24H16FNO4/c25-17-8-6-15(7-9-17)12-26-13-19(23(27)16-4-2-1-3-5-16)24(28)18-10-21-22(11-20(18)26)30-14-29-21/h1-11,13H,12,14H2. The van der Waals surface area contributed by atoms with Gasteiger partial charge < -0.3 is 14.0 Å². The summed E-state index contributed by atoms with van der Waals surface area (Å²) in [7, 11) is 0. The second-order valence-corrected chi connectivity index (χ2v) is 7.04. The Morgan fingerprint density at radius 1 is 0.967 bits per heavy atom. The molecule has 1 aliphatic rings. The van der Waals surface area contributed by atoms with Gasteiger partial charge in [0.15, 0.2) is 17.3 Å². The van der Waals surface area contributed by atoms with E-state index in [4.69, 9.17) is 9.47 Å². The van der Waals surface area contributed by atoms with Gasteiger partial charge in [0.25, 0.3) is 0 Å². The zero-order valence-corrected chi connectivity index (χ0v) is 15.8. The number of pyridine rings is 1. The molecule has 1 aromatic heterocycles. The molecule has 148 valence electrons. The van der Waals surface area contributed by atoms with Crippen molar-refractivity contribution in [3.05, 3.63) is 106 Å². The van der Waals surface area contributed by atoms with E-state index in [-0.39, 0.29) is 29.4 Å². The summed E-state index contributed by atoms with van der Waals surface area (Å²) >= 11 is 0. The lowest BCUT2D eigenvalue weighted by atomic mass is 10.0. The summed E-state index contributed by atoms with van der Waals surface area (Å²) in [5.74, 6) is 0.328. The van der Waals surface area contributed by atoms with Gasteiger partial charge in [-0.2, -0.15) is 0 Å². The maximum atomic E-state index is 13.3. The number of fused-ring (bicyclic) bond motifs is 2.